The topological polar surface area (TPSA) is 44.8 Å². The molecule has 0 spiro atoms. The molecular formula is C14H25N3O2. The Labute approximate surface area is 115 Å². The van der Waals surface area contributed by atoms with Crippen LogP contribution in [0.5, 0.6) is 0 Å². The molecule has 0 aliphatic carbocycles. The first-order valence-electron chi connectivity index (χ1n) is 7.70. The van der Waals surface area contributed by atoms with E-state index in [9.17, 15) is 4.79 Å². The Balaban J connectivity index is 1.46. The summed E-state index contributed by atoms with van der Waals surface area (Å²) in [5.74, 6) is 0. The highest BCUT2D eigenvalue weighted by Gasteiger charge is 2.31. The minimum Gasteiger partial charge on any atom is -0.379 e. The quantitative estimate of drug-likeness (QED) is 0.813. The van der Waals surface area contributed by atoms with Crippen LogP contribution in [0.25, 0.3) is 0 Å². The van der Waals surface area contributed by atoms with Gasteiger partial charge in [-0.1, -0.05) is 6.42 Å². The first-order chi connectivity index (χ1) is 9.33. The van der Waals surface area contributed by atoms with E-state index in [4.69, 9.17) is 4.74 Å². The van der Waals surface area contributed by atoms with Gasteiger partial charge in [0.1, 0.15) is 0 Å². The van der Waals surface area contributed by atoms with Crippen molar-refractivity contribution in [1.82, 2.24) is 15.1 Å². The Bertz CT molecular complexity index is 312. The van der Waals surface area contributed by atoms with Crippen molar-refractivity contribution in [2.45, 2.75) is 44.2 Å². The fraction of sp³-hybridized carbons (Fsp3) is 0.929. The van der Waals surface area contributed by atoms with Crippen molar-refractivity contribution in [3.63, 3.8) is 0 Å². The fourth-order valence-electron chi connectivity index (χ4n) is 3.42. The number of amides is 2. The van der Waals surface area contributed by atoms with Crippen LogP contribution < -0.4 is 5.32 Å². The van der Waals surface area contributed by atoms with Crippen LogP contribution in [0.15, 0.2) is 0 Å². The number of hydrogen-bond acceptors (Lipinski definition) is 3. The predicted octanol–water partition coefficient (Wildman–Crippen LogP) is 1.05. The van der Waals surface area contributed by atoms with Gasteiger partial charge in [0, 0.05) is 25.7 Å². The van der Waals surface area contributed by atoms with E-state index in [1.54, 1.807) is 0 Å². The first kappa shape index (κ1) is 13.2. The maximum Gasteiger partial charge on any atom is 0.317 e. The average Bonchev–Trinajstić information content (AvgIpc) is 3.10. The third-order valence-corrected chi connectivity index (χ3v) is 4.61. The van der Waals surface area contributed by atoms with Crippen molar-refractivity contribution >= 4 is 6.03 Å². The number of ether oxygens (including phenoxy) is 1. The molecule has 2 atom stereocenters. The molecule has 19 heavy (non-hydrogen) atoms. The lowest BCUT2D eigenvalue weighted by atomic mass is 10.1. The monoisotopic (exact) mass is 267 g/mol. The molecule has 108 valence electrons. The van der Waals surface area contributed by atoms with Gasteiger partial charge in [-0.25, -0.2) is 4.79 Å². The van der Waals surface area contributed by atoms with Gasteiger partial charge < -0.3 is 15.0 Å². The zero-order valence-corrected chi connectivity index (χ0v) is 11.6. The highest BCUT2D eigenvalue weighted by Crippen LogP contribution is 2.20. The molecule has 3 aliphatic heterocycles. The lowest BCUT2D eigenvalue weighted by Crippen LogP contribution is -2.46. The van der Waals surface area contributed by atoms with Crippen LogP contribution in [-0.2, 0) is 4.74 Å². The number of nitrogens with one attached hydrogen (secondary N) is 1. The second-order valence-electron chi connectivity index (χ2n) is 6.00. The van der Waals surface area contributed by atoms with Gasteiger partial charge in [-0.05, 0) is 38.8 Å². The molecule has 0 bridgehead atoms. The molecule has 0 radical (unpaired) electrons. The average molecular weight is 267 g/mol. The summed E-state index contributed by atoms with van der Waals surface area (Å²) in [7, 11) is 0. The largest absolute Gasteiger partial charge is 0.379 e. The molecule has 5 heteroatoms. The molecule has 3 heterocycles. The molecule has 2 amide bonds. The highest BCUT2D eigenvalue weighted by molar-refractivity contribution is 5.75. The lowest BCUT2D eigenvalue weighted by Gasteiger charge is -2.32. The number of carbonyl (C=O) groups is 1. The van der Waals surface area contributed by atoms with Crippen molar-refractivity contribution in [2.75, 3.05) is 39.4 Å². The molecule has 3 saturated heterocycles. The van der Waals surface area contributed by atoms with E-state index in [1.807, 2.05) is 4.90 Å². The molecular weight excluding hydrogens is 242 g/mol. The molecule has 1 N–H and O–H groups in total. The number of rotatable bonds is 2. The van der Waals surface area contributed by atoms with Gasteiger partial charge >= 0.3 is 6.03 Å². The number of nitrogens with zero attached hydrogens (tertiary/aromatic N) is 2. The third kappa shape index (κ3) is 3.20. The van der Waals surface area contributed by atoms with Crippen LogP contribution in [0.2, 0.25) is 0 Å². The highest BCUT2D eigenvalue weighted by atomic mass is 16.5. The predicted molar refractivity (Wildman–Crippen MR) is 73.2 cm³/mol. The number of urea groups is 1. The molecule has 0 aromatic carbocycles. The molecule has 5 nitrogen and oxygen atoms in total. The Hall–Kier alpha value is -0.810. The molecule has 0 aromatic rings. The third-order valence-electron chi connectivity index (χ3n) is 4.61. The number of hydrogen-bond donors (Lipinski definition) is 1. The van der Waals surface area contributed by atoms with Crippen LogP contribution >= 0.6 is 0 Å². The zero-order chi connectivity index (χ0) is 13.1. The van der Waals surface area contributed by atoms with Crippen molar-refractivity contribution in [1.29, 1.82) is 0 Å². The Kier molecular flexibility index (Phi) is 4.23. The molecule has 3 aliphatic rings. The number of carbonyl (C=O) groups excluding carboxylic acids is 1. The summed E-state index contributed by atoms with van der Waals surface area (Å²) >= 11 is 0. The lowest BCUT2D eigenvalue weighted by molar-refractivity contribution is 0.159. The van der Waals surface area contributed by atoms with Crippen molar-refractivity contribution in [3.05, 3.63) is 0 Å². The van der Waals surface area contributed by atoms with Gasteiger partial charge in [0.2, 0.25) is 0 Å². The smallest absolute Gasteiger partial charge is 0.317 e. The molecule has 0 saturated carbocycles. The van der Waals surface area contributed by atoms with Gasteiger partial charge in [-0.2, -0.15) is 0 Å². The van der Waals surface area contributed by atoms with E-state index in [0.29, 0.717) is 12.6 Å². The Morgan fingerprint density at radius 1 is 1.11 bits per heavy atom. The summed E-state index contributed by atoms with van der Waals surface area (Å²) in [6.45, 7) is 5.70. The van der Waals surface area contributed by atoms with Gasteiger partial charge in [0.05, 0.1) is 12.6 Å². The van der Waals surface area contributed by atoms with Crippen LogP contribution in [0.4, 0.5) is 4.79 Å². The molecule has 2 unspecified atom stereocenters. The van der Waals surface area contributed by atoms with E-state index < -0.39 is 0 Å². The van der Waals surface area contributed by atoms with Gasteiger partial charge in [0.15, 0.2) is 0 Å². The van der Waals surface area contributed by atoms with Crippen LogP contribution in [0.3, 0.4) is 0 Å². The first-order valence-corrected chi connectivity index (χ1v) is 7.70. The summed E-state index contributed by atoms with van der Waals surface area (Å²) < 4.78 is 5.30. The summed E-state index contributed by atoms with van der Waals surface area (Å²) in [5, 5.41) is 3.09. The minimum absolute atomic E-state index is 0.106. The van der Waals surface area contributed by atoms with E-state index in [-0.39, 0.29) is 12.1 Å². The Morgan fingerprint density at radius 2 is 1.95 bits per heavy atom. The van der Waals surface area contributed by atoms with E-state index >= 15 is 0 Å². The standard InChI is InChI=1S/C14H25N3O2/c18-14(15-12-5-9-19-11-12)17-8-4-13(10-17)16-6-2-1-3-7-16/h12-13H,1-11H2,(H,15,18). The summed E-state index contributed by atoms with van der Waals surface area (Å²) in [6, 6.07) is 0.919. The van der Waals surface area contributed by atoms with E-state index in [1.165, 1.54) is 32.4 Å². The maximum absolute atomic E-state index is 12.2. The zero-order valence-electron chi connectivity index (χ0n) is 11.6. The second-order valence-corrected chi connectivity index (χ2v) is 6.00. The molecule has 3 rings (SSSR count). The number of piperidine rings is 1. The van der Waals surface area contributed by atoms with Gasteiger partial charge in [0.25, 0.3) is 0 Å². The van der Waals surface area contributed by atoms with Crippen molar-refractivity contribution in [3.8, 4) is 0 Å². The summed E-state index contributed by atoms with van der Waals surface area (Å²) in [5.41, 5.74) is 0. The van der Waals surface area contributed by atoms with Gasteiger partial charge in [-0.3, -0.25) is 4.90 Å². The van der Waals surface area contributed by atoms with Crippen LogP contribution in [0.1, 0.15) is 32.1 Å². The summed E-state index contributed by atoms with van der Waals surface area (Å²) in [6.07, 6.45) is 6.10. The Morgan fingerprint density at radius 3 is 2.68 bits per heavy atom. The van der Waals surface area contributed by atoms with E-state index in [2.05, 4.69) is 10.2 Å². The summed E-state index contributed by atoms with van der Waals surface area (Å²) in [4.78, 5) is 16.7. The fourth-order valence-corrected chi connectivity index (χ4v) is 3.42. The van der Waals surface area contributed by atoms with Crippen molar-refractivity contribution in [2.24, 2.45) is 0 Å². The van der Waals surface area contributed by atoms with Crippen LogP contribution in [0, 0.1) is 0 Å². The van der Waals surface area contributed by atoms with E-state index in [0.717, 1.165) is 32.5 Å². The second kappa shape index (κ2) is 6.09. The van der Waals surface area contributed by atoms with Crippen LogP contribution in [-0.4, -0.2) is 67.3 Å². The minimum atomic E-state index is 0.106. The van der Waals surface area contributed by atoms with Gasteiger partial charge in [-0.15, -0.1) is 0 Å². The SMILES string of the molecule is O=C(NC1CCOC1)N1CCC(N2CCCCC2)C1. The maximum atomic E-state index is 12.2. The normalized spacial score (nSPS) is 32.7. The molecule has 0 aromatic heterocycles. The van der Waals surface area contributed by atoms with Crippen molar-refractivity contribution < 1.29 is 9.53 Å². The number of likely N-dealkylation sites (tertiary alicyclic amines) is 2. The molecule has 3 fully saturated rings.